The van der Waals surface area contributed by atoms with E-state index in [4.69, 9.17) is 0 Å². The fourth-order valence-electron chi connectivity index (χ4n) is 1.69. The van der Waals surface area contributed by atoms with Crippen LogP contribution in [0.15, 0.2) is 18.3 Å². The smallest absolute Gasteiger partial charge is 0.339 e. The largest absolute Gasteiger partial charge is 0.465 e. The van der Waals surface area contributed by atoms with Crippen molar-refractivity contribution in [3.8, 4) is 0 Å². The number of nitrogens with zero attached hydrogens (tertiary/aromatic N) is 1. The normalized spacial score (nSPS) is 11.4. The number of methoxy groups -OCH3 is 1. The first kappa shape index (κ1) is 15.6. The average molecular weight is 266 g/mol. The van der Waals surface area contributed by atoms with Gasteiger partial charge in [-0.15, -0.1) is 0 Å². The van der Waals surface area contributed by atoms with Crippen molar-refractivity contribution in [2.24, 2.45) is 0 Å². The van der Waals surface area contributed by atoms with Crippen molar-refractivity contribution < 1.29 is 14.6 Å². The molecule has 2 N–H and O–H groups in total. The second-order valence-electron chi connectivity index (χ2n) is 4.56. The monoisotopic (exact) mass is 266 g/mol. The molecule has 1 rings (SSSR count). The molecule has 5 heteroatoms. The Morgan fingerprint density at radius 3 is 2.58 bits per heavy atom. The van der Waals surface area contributed by atoms with Crippen molar-refractivity contribution in [3.63, 3.8) is 0 Å². The molecule has 1 aromatic rings. The molecule has 106 valence electrons. The van der Waals surface area contributed by atoms with Crippen LogP contribution in [0.1, 0.15) is 42.7 Å². The molecule has 0 fully saturated rings. The van der Waals surface area contributed by atoms with Gasteiger partial charge >= 0.3 is 5.97 Å². The highest BCUT2D eigenvalue weighted by Crippen LogP contribution is 2.13. The summed E-state index contributed by atoms with van der Waals surface area (Å²) >= 11 is 0. The summed E-state index contributed by atoms with van der Waals surface area (Å²) in [5.74, 6) is -0.390. The van der Waals surface area contributed by atoms with Gasteiger partial charge in [0, 0.05) is 19.3 Å². The van der Waals surface area contributed by atoms with Crippen LogP contribution >= 0.6 is 0 Å². The van der Waals surface area contributed by atoms with Crippen LogP contribution in [0.4, 0.5) is 0 Å². The number of nitrogens with one attached hydrogen (secondary N) is 1. The summed E-state index contributed by atoms with van der Waals surface area (Å²) in [4.78, 5) is 15.4. The van der Waals surface area contributed by atoms with Gasteiger partial charge in [-0.05, 0) is 25.0 Å². The van der Waals surface area contributed by atoms with Gasteiger partial charge in [-0.3, -0.25) is 4.98 Å². The number of aromatic nitrogens is 1. The predicted molar refractivity (Wildman–Crippen MR) is 72.8 cm³/mol. The molecule has 0 bridgehead atoms. The Hall–Kier alpha value is -1.46. The first-order valence-corrected chi connectivity index (χ1v) is 6.51. The molecular formula is C14H22N2O3. The van der Waals surface area contributed by atoms with Gasteiger partial charge in [-0.1, -0.05) is 13.8 Å². The Bertz CT molecular complexity index is 400. The predicted octanol–water partition coefficient (Wildman–Crippen LogP) is 1.51. The molecule has 0 radical (unpaired) electrons. The molecule has 0 unspecified atom stereocenters. The summed E-state index contributed by atoms with van der Waals surface area (Å²) in [6.45, 7) is 5.02. The third-order valence-electron chi connectivity index (χ3n) is 3.32. The Morgan fingerprint density at radius 2 is 2.11 bits per heavy atom. The third-order valence-corrected chi connectivity index (χ3v) is 3.32. The van der Waals surface area contributed by atoms with Crippen LogP contribution in [-0.2, 0) is 11.3 Å². The lowest BCUT2D eigenvalue weighted by atomic mass is 9.98. The van der Waals surface area contributed by atoms with Crippen molar-refractivity contribution in [1.29, 1.82) is 0 Å². The zero-order valence-corrected chi connectivity index (χ0v) is 11.8. The number of ether oxygens (including phenoxy) is 1. The van der Waals surface area contributed by atoms with Gasteiger partial charge in [-0.25, -0.2) is 4.79 Å². The van der Waals surface area contributed by atoms with Crippen LogP contribution in [0.3, 0.4) is 0 Å². The molecule has 1 heterocycles. The van der Waals surface area contributed by atoms with Gasteiger partial charge in [0.2, 0.25) is 0 Å². The minimum Gasteiger partial charge on any atom is -0.465 e. The molecule has 0 aliphatic rings. The fraction of sp³-hybridized carbons (Fsp3) is 0.571. The Morgan fingerprint density at radius 1 is 1.42 bits per heavy atom. The maximum absolute atomic E-state index is 11.2. The van der Waals surface area contributed by atoms with Crippen LogP contribution in [0.2, 0.25) is 0 Å². The molecule has 0 saturated carbocycles. The standard InChI is InChI=1S/C14H22N2O3/c1-4-14(18,5-2)10-15-9-12-7-6-11(8-16-12)13(17)19-3/h6-8,15,18H,4-5,9-10H2,1-3H3. The van der Waals surface area contributed by atoms with Crippen LogP contribution in [0.5, 0.6) is 0 Å². The third kappa shape index (κ3) is 4.61. The van der Waals surface area contributed by atoms with Crippen molar-refractivity contribution >= 4 is 5.97 Å². The summed E-state index contributed by atoms with van der Waals surface area (Å²) < 4.78 is 4.60. The molecule has 0 saturated heterocycles. The molecule has 1 aromatic heterocycles. The van der Waals surface area contributed by atoms with Gasteiger partial charge in [0.15, 0.2) is 0 Å². The van der Waals surface area contributed by atoms with Crippen LogP contribution in [-0.4, -0.2) is 35.3 Å². The number of carbonyl (C=O) groups excluding carboxylic acids is 1. The van der Waals surface area contributed by atoms with Gasteiger partial charge in [0.25, 0.3) is 0 Å². The fourth-order valence-corrected chi connectivity index (χ4v) is 1.69. The van der Waals surface area contributed by atoms with E-state index in [-0.39, 0.29) is 0 Å². The molecule has 0 spiro atoms. The first-order valence-electron chi connectivity index (χ1n) is 6.51. The number of carbonyl (C=O) groups is 1. The van der Waals surface area contributed by atoms with E-state index in [1.807, 2.05) is 13.8 Å². The highest BCUT2D eigenvalue weighted by atomic mass is 16.5. The van der Waals surface area contributed by atoms with Gasteiger partial charge in [0.1, 0.15) is 0 Å². The maximum Gasteiger partial charge on any atom is 0.339 e. The molecule has 19 heavy (non-hydrogen) atoms. The van der Waals surface area contributed by atoms with Gasteiger partial charge in [-0.2, -0.15) is 0 Å². The highest BCUT2D eigenvalue weighted by Gasteiger charge is 2.21. The zero-order chi connectivity index (χ0) is 14.3. The Balaban J connectivity index is 2.48. The van der Waals surface area contributed by atoms with E-state index >= 15 is 0 Å². The Labute approximate surface area is 114 Å². The SMILES string of the molecule is CCC(O)(CC)CNCc1ccc(C(=O)OC)cn1. The number of hydrogen-bond acceptors (Lipinski definition) is 5. The quantitative estimate of drug-likeness (QED) is 0.732. The lowest BCUT2D eigenvalue weighted by Crippen LogP contribution is -2.39. The molecule has 5 nitrogen and oxygen atoms in total. The van der Waals surface area contributed by atoms with E-state index in [1.54, 1.807) is 12.1 Å². The second-order valence-corrected chi connectivity index (χ2v) is 4.56. The van der Waals surface area contributed by atoms with Crippen LogP contribution in [0.25, 0.3) is 0 Å². The summed E-state index contributed by atoms with van der Waals surface area (Å²) in [6, 6.07) is 3.46. The number of rotatable bonds is 7. The second kappa shape index (κ2) is 7.21. The molecule has 0 atom stereocenters. The minimum atomic E-state index is -0.661. The maximum atomic E-state index is 11.2. The Kier molecular flexibility index (Phi) is 5.92. The number of hydrogen-bond donors (Lipinski definition) is 2. The van der Waals surface area contributed by atoms with E-state index in [1.165, 1.54) is 13.3 Å². The zero-order valence-electron chi connectivity index (χ0n) is 11.8. The lowest BCUT2D eigenvalue weighted by molar-refractivity contribution is 0.0322. The summed E-state index contributed by atoms with van der Waals surface area (Å²) in [5, 5.41) is 13.3. The molecule has 0 aromatic carbocycles. The average Bonchev–Trinajstić information content (AvgIpc) is 2.47. The molecule has 0 aliphatic carbocycles. The van der Waals surface area contributed by atoms with Crippen LogP contribution < -0.4 is 5.32 Å². The molecule has 0 aliphatic heterocycles. The minimum absolute atomic E-state index is 0.390. The molecular weight excluding hydrogens is 244 g/mol. The first-order chi connectivity index (χ1) is 9.04. The van der Waals surface area contributed by atoms with Crippen LogP contribution in [0, 0.1) is 0 Å². The topological polar surface area (TPSA) is 71.5 Å². The summed E-state index contributed by atoms with van der Waals surface area (Å²) in [6.07, 6.45) is 2.92. The van der Waals surface area contributed by atoms with Crippen molar-refractivity contribution in [2.75, 3.05) is 13.7 Å². The molecule has 0 amide bonds. The summed E-state index contributed by atoms with van der Waals surface area (Å²) in [5.41, 5.74) is 0.596. The van der Waals surface area contributed by atoms with Gasteiger partial charge < -0.3 is 15.2 Å². The van der Waals surface area contributed by atoms with E-state index in [0.29, 0.717) is 31.5 Å². The number of pyridine rings is 1. The van der Waals surface area contributed by atoms with E-state index in [0.717, 1.165) is 5.69 Å². The van der Waals surface area contributed by atoms with Crippen molar-refractivity contribution in [2.45, 2.75) is 38.8 Å². The van der Waals surface area contributed by atoms with Crippen molar-refractivity contribution in [1.82, 2.24) is 10.3 Å². The van der Waals surface area contributed by atoms with E-state index in [2.05, 4.69) is 15.0 Å². The van der Waals surface area contributed by atoms with Gasteiger partial charge in [0.05, 0.1) is 24.0 Å². The number of esters is 1. The van der Waals surface area contributed by atoms with E-state index < -0.39 is 11.6 Å². The lowest BCUT2D eigenvalue weighted by Gasteiger charge is -2.25. The number of aliphatic hydroxyl groups is 1. The highest BCUT2D eigenvalue weighted by molar-refractivity contribution is 5.88. The van der Waals surface area contributed by atoms with E-state index in [9.17, 15) is 9.90 Å². The summed E-state index contributed by atoms with van der Waals surface area (Å²) in [7, 11) is 1.34. The van der Waals surface area contributed by atoms with Crippen molar-refractivity contribution in [3.05, 3.63) is 29.6 Å².